The SMILES string of the molecule is COc1cc(CNC(C)CC2CCC2)ccn1. The first-order valence-corrected chi connectivity index (χ1v) is 6.50. The molecular weight excluding hydrogens is 212 g/mol. The Morgan fingerprint density at radius 1 is 1.53 bits per heavy atom. The van der Waals surface area contributed by atoms with Crippen LogP contribution in [0.2, 0.25) is 0 Å². The molecule has 1 N–H and O–H groups in total. The number of hydrogen-bond donors (Lipinski definition) is 1. The average Bonchev–Trinajstić information content (AvgIpc) is 2.31. The summed E-state index contributed by atoms with van der Waals surface area (Å²) in [4.78, 5) is 4.11. The number of pyridine rings is 1. The minimum absolute atomic E-state index is 0.597. The summed E-state index contributed by atoms with van der Waals surface area (Å²) >= 11 is 0. The van der Waals surface area contributed by atoms with Crippen LogP contribution in [0.1, 0.15) is 38.2 Å². The van der Waals surface area contributed by atoms with Crippen molar-refractivity contribution in [2.75, 3.05) is 7.11 Å². The first kappa shape index (κ1) is 12.4. The third-order valence-electron chi connectivity index (χ3n) is 3.57. The van der Waals surface area contributed by atoms with Gasteiger partial charge in [-0.1, -0.05) is 19.3 Å². The second-order valence-corrected chi connectivity index (χ2v) is 5.02. The van der Waals surface area contributed by atoms with Gasteiger partial charge in [-0.2, -0.15) is 0 Å². The minimum atomic E-state index is 0.597. The van der Waals surface area contributed by atoms with Crippen LogP contribution in [0.4, 0.5) is 0 Å². The third kappa shape index (κ3) is 3.70. The van der Waals surface area contributed by atoms with Gasteiger partial charge in [-0.25, -0.2) is 4.98 Å². The van der Waals surface area contributed by atoms with Gasteiger partial charge >= 0.3 is 0 Å². The van der Waals surface area contributed by atoms with E-state index < -0.39 is 0 Å². The van der Waals surface area contributed by atoms with Gasteiger partial charge in [0, 0.05) is 24.8 Å². The summed E-state index contributed by atoms with van der Waals surface area (Å²) in [6, 6.07) is 4.62. The lowest BCUT2D eigenvalue weighted by atomic mass is 9.81. The minimum Gasteiger partial charge on any atom is -0.481 e. The number of hydrogen-bond acceptors (Lipinski definition) is 3. The van der Waals surface area contributed by atoms with Gasteiger partial charge in [0.2, 0.25) is 5.88 Å². The summed E-state index contributed by atoms with van der Waals surface area (Å²) in [6.07, 6.45) is 7.39. The molecular formula is C14H22N2O. The average molecular weight is 234 g/mol. The van der Waals surface area contributed by atoms with E-state index in [1.807, 2.05) is 12.1 Å². The smallest absolute Gasteiger partial charge is 0.213 e. The molecule has 0 aliphatic heterocycles. The van der Waals surface area contributed by atoms with Crippen molar-refractivity contribution in [2.24, 2.45) is 5.92 Å². The summed E-state index contributed by atoms with van der Waals surface area (Å²) < 4.78 is 5.11. The zero-order valence-electron chi connectivity index (χ0n) is 10.8. The Kier molecular flexibility index (Phi) is 4.37. The Labute approximate surface area is 104 Å². The van der Waals surface area contributed by atoms with Crippen LogP contribution in [-0.2, 0) is 6.54 Å². The number of rotatable bonds is 6. The van der Waals surface area contributed by atoms with Gasteiger partial charge in [0.25, 0.3) is 0 Å². The molecule has 1 aromatic heterocycles. The monoisotopic (exact) mass is 234 g/mol. The maximum Gasteiger partial charge on any atom is 0.213 e. The van der Waals surface area contributed by atoms with Gasteiger partial charge in [0.05, 0.1) is 7.11 Å². The second-order valence-electron chi connectivity index (χ2n) is 5.02. The van der Waals surface area contributed by atoms with Crippen molar-refractivity contribution in [3.05, 3.63) is 23.9 Å². The summed E-state index contributed by atoms with van der Waals surface area (Å²) in [6.45, 7) is 3.17. The fourth-order valence-corrected chi connectivity index (χ4v) is 2.28. The van der Waals surface area contributed by atoms with Gasteiger partial charge in [-0.3, -0.25) is 0 Å². The lowest BCUT2D eigenvalue weighted by Crippen LogP contribution is -2.29. The van der Waals surface area contributed by atoms with E-state index in [2.05, 4.69) is 17.2 Å². The molecule has 0 amide bonds. The highest BCUT2D eigenvalue weighted by molar-refractivity contribution is 5.20. The molecule has 1 unspecified atom stereocenters. The molecule has 0 aromatic carbocycles. The molecule has 1 atom stereocenters. The number of ether oxygens (including phenoxy) is 1. The molecule has 3 heteroatoms. The standard InChI is InChI=1S/C14H22N2O/c1-11(8-12-4-3-5-12)16-10-13-6-7-15-14(9-13)17-2/h6-7,9,11-12,16H,3-5,8,10H2,1-2H3. The number of aromatic nitrogens is 1. The predicted octanol–water partition coefficient (Wildman–Crippen LogP) is 2.76. The Morgan fingerprint density at radius 2 is 2.35 bits per heavy atom. The van der Waals surface area contributed by atoms with Crippen LogP contribution in [0.5, 0.6) is 5.88 Å². The van der Waals surface area contributed by atoms with E-state index in [1.54, 1.807) is 13.3 Å². The van der Waals surface area contributed by atoms with E-state index in [1.165, 1.54) is 31.2 Å². The van der Waals surface area contributed by atoms with E-state index >= 15 is 0 Å². The van der Waals surface area contributed by atoms with Crippen LogP contribution in [0.15, 0.2) is 18.3 Å². The maximum atomic E-state index is 5.11. The van der Waals surface area contributed by atoms with Gasteiger partial charge in [-0.15, -0.1) is 0 Å². The zero-order valence-corrected chi connectivity index (χ0v) is 10.8. The summed E-state index contributed by atoms with van der Waals surface area (Å²) in [5, 5.41) is 3.57. The van der Waals surface area contributed by atoms with E-state index in [-0.39, 0.29) is 0 Å². The van der Waals surface area contributed by atoms with Gasteiger partial charge in [-0.05, 0) is 30.9 Å². The molecule has 1 aromatic rings. The lowest BCUT2D eigenvalue weighted by Gasteiger charge is -2.28. The maximum absolute atomic E-state index is 5.11. The van der Waals surface area contributed by atoms with Crippen LogP contribution >= 0.6 is 0 Å². The quantitative estimate of drug-likeness (QED) is 0.822. The Morgan fingerprint density at radius 3 is 3.00 bits per heavy atom. The molecule has 0 spiro atoms. The molecule has 1 fully saturated rings. The summed E-state index contributed by atoms with van der Waals surface area (Å²) in [5.41, 5.74) is 1.23. The molecule has 0 radical (unpaired) electrons. The summed E-state index contributed by atoms with van der Waals surface area (Å²) in [5.74, 6) is 1.65. The zero-order chi connectivity index (χ0) is 12.1. The molecule has 0 bridgehead atoms. The van der Waals surface area contributed by atoms with E-state index in [0.29, 0.717) is 11.9 Å². The molecule has 17 heavy (non-hydrogen) atoms. The van der Waals surface area contributed by atoms with Crippen LogP contribution in [0, 0.1) is 5.92 Å². The molecule has 1 aliphatic carbocycles. The Balaban J connectivity index is 1.75. The first-order chi connectivity index (χ1) is 8.28. The van der Waals surface area contributed by atoms with Crippen molar-refractivity contribution < 1.29 is 4.74 Å². The Bertz CT molecular complexity index is 350. The van der Waals surface area contributed by atoms with Gasteiger partial charge < -0.3 is 10.1 Å². The van der Waals surface area contributed by atoms with Crippen LogP contribution in [-0.4, -0.2) is 18.1 Å². The normalized spacial score (nSPS) is 17.5. The highest BCUT2D eigenvalue weighted by atomic mass is 16.5. The molecule has 1 heterocycles. The van der Waals surface area contributed by atoms with Crippen molar-refractivity contribution in [1.29, 1.82) is 0 Å². The van der Waals surface area contributed by atoms with Crippen molar-refractivity contribution in [3.8, 4) is 5.88 Å². The highest BCUT2D eigenvalue weighted by Gasteiger charge is 2.19. The van der Waals surface area contributed by atoms with E-state index in [0.717, 1.165) is 12.5 Å². The van der Waals surface area contributed by atoms with Crippen molar-refractivity contribution in [3.63, 3.8) is 0 Å². The molecule has 0 saturated heterocycles. The van der Waals surface area contributed by atoms with E-state index in [4.69, 9.17) is 4.74 Å². The lowest BCUT2D eigenvalue weighted by molar-refractivity contribution is 0.265. The van der Waals surface area contributed by atoms with Crippen molar-refractivity contribution >= 4 is 0 Å². The number of nitrogens with one attached hydrogen (secondary N) is 1. The fraction of sp³-hybridized carbons (Fsp3) is 0.643. The topological polar surface area (TPSA) is 34.1 Å². The molecule has 94 valence electrons. The van der Waals surface area contributed by atoms with Crippen molar-refractivity contribution in [1.82, 2.24) is 10.3 Å². The predicted molar refractivity (Wildman–Crippen MR) is 69.0 cm³/mol. The van der Waals surface area contributed by atoms with Crippen molar-refractivity contribution in [2.45, 2.75) is 45.2 Å². The van der Waals surface area contributed by atoms with Crippen LogP contribution in [0.3, 0.4) is 0 Å². The fourth-order valence-electron chi connectivity index (χ4n) is 2.28. The van der Waals surface area contributed by atoms with Gasteiger partial charge in [0.1, 0.15) is 0 Å². The molecule has 1 aliphatic rings. The van der Waals surface area contributed by atoms with Crippen LogP contribution < -0.4 is 10.1 Å². The van der Waals surface area contributed by atoms with E-state index in [9.17, 15) is 0 Å². The third-order valence-corrected chi connectivity index (χ3v) is 3.57. The molecule has 1 saturated carbocycles. The largest absolute Gasteiger partial charge is 0.481 e. The Hall–Kier alpha value is -1.09. The highest BCUT2D eigenvalue weighted by Crippen LogP contribution is 2.30. The summed E-state index contributed by atoms with van der Waals surface area (Å²) in [7, 11) is 1.65. The van der Waals surface area contributed by atoms with Gasteiger partial charge in [0.15, 0.2) is 0 Å². The number of methoxy groups -OCH3 is 1. The number of nitrogens with zero attached hydrogens (tertiary/aromatic N) is 1. The first-order valence-electron chi connectivity index (χ1n) is 6.50. The molecule has 2 rings (SSSR count). The second kappa shape index (κ2) is 6.01. The van der Waals surface area contributed by atoms with Crippen LogP contribution in [0.25, 0.3) is 0 Å². The molecule has 3 nitrogen and oxygen atoms in total.